The van der Waals surface area contributed by atoms with Crippen molar-refractivity contribution in [3.8, 4) is 0 Å². The Morgan fingerprint density at radius 1 is 1.30 bits per heavy atom. The maximum absolute atomic E-state index is 13.0. The molecule has 0 aromatic heterocycles. The highest BCUT2D eigenvalue weighted by molar-refractivity contribution is 5.89. The second-order valence-electron chi connectivity index (χ2n) is 6.96. The van der Waals surface area contributed by atoms with Gasteiger partial charge in [-0.25, -0.2) is 0 Å². The van der Waals surface area contributed by atoms with Crippen molar-refractivity contribution in [1.82, 2.24) is 4.90 Å². The third kappa shape index (κ3) is 3.29. The van der Waals surface area contributed by atoms with E-state index in [1.54, 1.807) is 0 Å². The minimum atomic E-state index is -0.820. The molecule has 2 unspecified atom stereocenters. The molecule has 128 valence electrons. The van der Waals surface area contributed by atoms with Gasteiger partial charge in [0.2, 0.25) is 5.91 Å². The molecular weight excluding hydrogens is 288 g/mol. The molecule has 0 spiro atoms. The molecule has 1 aromatic carbocycles. The zero-order chi connectivity index (χ0) is 17.1. The van der Waals surface area contributed by atoms with Crippen LogP contribution in [-0.2, 0) is 16.0 Å². The van der Waals surface area contributed by atoms with Gasteiger partial charge in [-0.1, -0.05) is 44.2 Å². The molecule has 1 saturated carbocycles. The maximum Gasteiger partial charge on any atom is 0.243 e. The molecule has 0 saturated heterocycles. The van der Waals surface area contributed by atoms with E-state index in [-0.39, 0.29) is 17.4 Å². The van der Waals surface area contributed by atoms with Crippen LogP contribution in [-0.4, -0.2) is 42.1 Å². The van der Waals surface area contributed by atoms with Crippen molar-refractivity contribution in [2.45, 2.75) is 52.2 Å². The van der Waals surface area contributed by atoms with Gasteiger partial charge in [0.15, 0.2) is 0 Å². The lowest BCUT2D eigenvalue weighted by molar-refractivity contribution is -0.179. The van der Waals surface area contributed by atoms with Crippen molar-refractivity contribution < 1.29 is 9.53 Å². The van der Waals surface area contributed by atoms with Crippen LogP contribution in [0.15, 0.2) is 30.3 Å². The van der Waals surface area contributed by atoms with Gasteiger partial charge in [-0.2, -0.15) is 0 Å². The number of likely N-dealkylation sites (N-methyl/N-ethyl adjacent to an activating group) is 1. The van der Waals surface area contributed by atoms with E-state index < -0.39 is 5.54 Å². The third-order valence-electron chi connectivity index (χ3n) is 5.39. The molecule has 0 radical (unpaired) electrons. The fourth-order valence-corrected chi connectivity index (χ4v) is 3.39. The van der Waals surface area contributed by atoms with E-state index in [0.717, 1.165) is 6.42 Å². The van der Waals surface area contributed by atoms with E-state index in [1.165, 1.54) is 5.56 Å². The lowest BCUT2D eigenvalue weighted by atomic mass is 9.54. The van der Waals surface area contributed by atoms with Gasteiger partial charge < -0.3 is 15.4 Å². The number of carbonyl (C=O) groups is 1. The summed E-state index contributed by atoms with van der Waals surface area (Å²) in [6, 6.07) is 10.2. The fraction of sp³-hybridized carbons (Fsp3) is 0.632. The Hall–Kier alpha value is -1.39. The molecule has 2 rings (SSSR count). The van der Waals surface area contributed by atoms with Gasteiger partial charge in [0, 0.05) is 31.5 Å². The van der Waals surface area contributed by atoms with Crippen molar-refractivity contribution in [2.24, 2.45) is 11.1 Å². The Bertz CT molecular complexity index is 529. The van der Waals surface area contributed by atoms with Crippen LogP contribution in [0.1, 0.15) is 39.7 Å². The molecule has 4 heteroatoms. The van der Waals surface area contributed by atoms with E-state index in [0.29, 0.717) is 26.1 Å². The van der Waals surface area contributed by atoms with Gasteiger partial charge in [0.25, 0.3) is 0 Å². The molecule has 2 atom stereocenters. The smallest absolute Gasteiger partial charge is 0.243 e. The first-order chi connectivity index (χ1) is 10.9. The van der Waals surface area contributed by atoms with Crippen LogP contribution < -0.4 is 5.73 Å². The van der Waals surface area contributed by atoms with Crippen LogP contribution >= 0.6 is 0 Å². The van der Waals surface area contributed by atoms with E-state index in [9.17, 15) is 4.79 Å². The van der Waals surface area contributed by atoms with Crippen LogP contribution in [0.3, 0.4) is 0 Å². The number of carbonyl (C=O) groups excluding carboxylic acids is 1. The van der Waals surface area contributed by atoms with E-state index in [4.69, 9.17) is 10.5 Å². The van der Waals surface area contributed by atoms with E-state index >= 15 is 0 Å². The molecule has 1 fully saturated rings. The highest BCUT2D eigenvalue weighted by Gasteiger charge is 2.63. The van der Waals surface area contributed by atoms with Gasteiger partial charge in [-0.15, -0.1) is 0 Å². The second-order valence-corrected chi connectivity index (χ2v) is 6.96. The Balaban J connectivity index is 2.02. The summed E-state index contributed by atoms with van der Waals surface area (Å²) in [5, 5.41) is 0. The quantitative estimate of drug-likeness (QED) is 0.841. The second kappa shape index (κ2) is 7.02. The van der Waals surface area contributed by atoms with Crippen molar-refractivity contribution >= 4 is 5.91 Å². The zero-order valence-electron chi connectivity index (χ0n) is 14.8. The average molecular weight is 318 g/mol. The summed E-state index contributed by atoms with van der Waals surface area (Å²) in [5.74, 6) is 0.0527. The Kier molecular flexibility index (Phi) is 5.48. The standard InChI is InChI=1S/C19H30N2O2/c1-5-21(13-12-15-10-8-7-9-11-15)17(22)19(20)14-16(23-6-2)18(19,3)4/h7-11,16H,5-6,12-14,20H2,1-4H3. The Morgan fingerprint density at radius 2 is 1.96 bits per heavy atom. The van der Waals surface area contributed by atoms with Crippen LogP contribution in [0.2, 0.25) is 0 Å². The molecule has 1 aliphatic carbocycles. The van der Waals surface area contributed by atoms with Gasteiger partial charge in [-0.3, -0.25) is 4.79 Å². The summed E-state index contributed by atoms with van der Waals surface area (Å²) in [7, 11) is 0. The van der Waals surface area contributed by atoms with Crippen LogP contribution in [0.25, 0.3) is 0 Å². The summed E-state index contributed by atoms with van der Waals surface area (Å²) >= 11 is 0. The predicted octanol–water partition coefficient (Wildman–Crippen LogP) is 2.61. The first-order valence-electron chi connectivity index (χ1n) is 8.60. The number of rotatable bonds is 7. The number of ether oxygens (including phenoxy) is 1. The van der Waals surface area contributed by atoms with Gasteiger partial charge in [0.1, 0.15) is 5.54 Å². The molecule has 1 aliphatic rings. The van der Waals surface area contributed by atoms with Gasteiger partial charge in [0.05, 0.1) is 6.10 Å². The summed E-state index contributed by atoms with van der Waals surface area (Å²) in [6.07, 6.45) is 1.52. The lowest BCUT2D eigenvalue weighted by Crippen LogP contribution is -2.76. The van der Waals surface area contributed by atoms with Gasteiger partial charge >= 0.3 is 0 Å². The molecule has 2 N–H and O–H groups in total. The summed E-state index contributed by atoms with van der Waals surface area (Å²) in [5.41, 5.74) is 6.61. The van der Waals surface area contributed by atoms with Crippen molar-refractivity contribution in [3.63, 3.8) is 0 Å². The van der Waals surface area contributed by atoms with E-state index in [1.807, 2.05) is 50.8 Å². The molecule has 4 nitrogen and oxygen atoms in total. The molecule has 0 heterocycles. The largest absolute Gasteiger partial charge is 0.378 e. The average Bonchev–Trinajstić information content (AvgIpc) is 2.55. The topological polar surface area (TPSA) is 55.6 Å². The Labute approximate surface area is 140 Å². The summed E-state index contributed by atoms with van der Waals surface area (Å²) in [4.78, 5) is 14.9. The first-order valence-corrected chi connectivity index (χ1v) is 8.60. The van der Waals surface area contributed by atoms with Crippen LogP contribution in [0, 0.1) is 5.41 Å². The number of hydrogen-bond donors (Lipinski definition) is 1. The molecule has 23 heavy (non-hydrogen) atoms. The monoisotopic (exact) mass is 318 g/mol. The molecule has 0 aliphatic heterocycles. The Morgan fingerprint density at radius 3 is 2.48 bits per heavy atom. The van der Waals surface area contributed by atoms with Crippen LogP contribution in [0.4, 0.5) is 0 Å². The molecule has 0 bridgehead atoms. The normalized spacial score (nSPS) is 25.7. The molecular formula is C19H30N2O2. The summed E-state index contributed by atoms with van der Waals surface area (Å²) in [6.45, 7) is 10.1. The number of benzene rings is 1. The molecule has 1 aromatic rings. The number of amides is 1. The maximum atomic E-state index is 13.0. The minimum absolute atomic E-state index is 0.0527. The van der Waals surface area contributed by atoms with Gasteiger partial charge in [-0.05, 0) is 25.8 Å². The predicted molar refractivity (Wildman–Crippen MR) is 93.1 cm³/mol. The lowest BCUT2D eigenvalue weighted by Gasteiger charge is -2.58. The van der Waals surface area contributed by atoms with E-state index in [2.05, 4.69) is 12.1 Å². The van der Waals surface area contributed by atoms with Crippen LogP contribution in [0.5, 0.6) is 0 Å². The first kappa shape index (κ1) is 18.0. The van der Waals surface area contributed by atoms with Crippen molar-refractivity contribution in [1.29, 1.82) is 0 Å². The number of nitrogens with zero attached hydrogens (tertiary/aromatic N) is 1. The number of nitrogens with two attached hydrogens (primary N) is 1. The SMILES string of the molecule is CCOC1CC(N)(C(=O)N(CC)CCc2ccccc2)C1(C)C. The number of hydrogen-bond acceptors (Lipinski definition) is 3. The minimum Gasteiger partial charge on any atom is -0.378 e. The highest BCUT2D eigenvalue weighted by Crippen LogP contribution is 2.50. The summed E-state index contributed by atoms with van der Waals surface area (Å²) < 4.78 is 5.73. The zero-order valence-corrected chi connectivity index (χ0v) is 14.8. The molecule has 1 amide bonds. The fourth-order valence-electron chi connectivity index (χ4n) is 3.39. The van der Waals surface area contributed by atoms with Crippen molar-refractivity contribution in [3.05, 3.63) is 35.9 Å². The third-order valence-corrected chi connectivity index (χ3v) is 5.39. The van der Waals surface area contributed by atoms with Crippen molar-refractivity contribution in [2.75, 3.05) is 19.7 Å². The highest BCUT2D eigenvalue weighted by atomic mass is 16.5.